The van der Waals surface area contributed by atoms with Crippen molar-refractivity contribution in [2.24, 2.45) is 17.7 Å². The Morgan fingerprint density at radius 2 is 2.21 bits per heavy atom. The van der Waals surface area contributed by atoms with Gasteiger partial charge in [-0.25, -0.2) is 0 Å². The summed E-state index contributed by atoms with van der Waals surface area (Å²) in [5.41, 5.74) is 5.74. The van der Waals surface area contributed by atoms with E-state index in [-0.39, 0.29) is 6.04 Å². The monoisotopic (exact) mass is 324 g/mol. The maximum Gasteiger partial charge on any atom is 0.0491 e. The number of nitrogens with one attached hydrogen (secondary N) is 1. The van der Waals surface area contributed by atoms with Crippen LogP contribution in [0.3, 0.4) is 0 Å². The summed E-state index contributed by atoms with van der Waals surface area (Å²) >= 11 is 3.62. The summed E-state index contributed by atoms with van der Waals surface area (Å²) in [6, 6.07) is 6.70. The van der Waals surface area contributed by atoms with Crippen molar-refractivity contribution < 1.29 is 0 Å². The standard InChI is InChI=1S/C16H25BrN2/c1-3-12-6-4-7-13(10-12)16(19-18)14-8-5-9-15(17)11(14)2/h5,8-9,12-13,16,19H,3-4,6-7,10,18H2,1-2H3. The van der Waals surface area contributed by atoms with E-state index in [2.05, 4.69) is 53.4 Å². The van der Waals surface area contributed by atoms with Crippen molar-refractivity contribution in [3.63, 3.8) is 0 Å². The topological polar surface area (TPSA) is 38.0 Å². The van der Waals surface area contributed by atoms with E-state index in [1.807, 2.05) is 0 Å². The largest absolute Gasteiger partial charge is 0.271 e. The minimum atomic E-state index is 0.284. The molecule has 0 aliphatic heterocycles. The zero-order valence-electron chi connectivity index (χ0n) is 12.0. The van der Waals surface area contributed by atoms with Crippen LogP contribution >= 0.6 is 15.9 Å². The third kappa shape index (κ3) is 3.39. The molecule has 1 aliphatic rings. The Morgan fingerprint density at radius 3 is 2.89 bits per heavy atom. The molecule has 1 aliphatic carbocycles. The average Bonchev–Trinajstić information content (AvgIpc) is 2.44. The van der Waals surface area contributed by atoms with E-state index < -0.39 is 0 Å². The summed E-state index contributed by atoms with van der Waals surface area (Å²) in [6.45, 7) is 4.48. The second-order valence-corrected chi connectivity index (χ2v) is 6.65. The maximum absolute atomic E-state index is 5.88. The van der Waals surface area contributed by atoms with Crippen LogP contribution in [0.5, 0.6) is 0 Å². The molecular weight excluding hydrogens is 300 g/mol. The second kappa shape index (κ2) is 6.87. The lowest BCUT2D eigenvalue weighted by atomic mass is 9.75. The molecular formula is C16H25BrN2. The lowest BCUT2D eigenvalue weighted by molar-refractivity contribution is 0.209. The molecule has 0 saturated heterocycles. The Hall–Kier alpha value is -0.380. The van der Waals surface area contributed by atoms with Crippen molar-refractivity contribution >= 4 is 15.9 Å². The lowest BCUT2D eigenvalue weighted by Crippen LogP contribution is -2.36. The van der Waals surface area contributed by atoms with Gasteiger partial charge in [0, 0.05) is 10.5 Å². The molecule has 19 heavy (non-hydrogen) atoms. The van der Waals surface area contributed by atoms with E-state index in [1.165, 1.54) is 47.7 Å². The van der Waals surface area contributed by atoms with Crippen LogP contribution in [0.1, 0.15) is 56.2 Å². The quantitative estimate of drug-likeness (QED) is 0.633. The number of halogens is 1. The molecule has 106 valence electrons. The number of hydrogen-bond acceptors (Lipinski definition) is 2. The van der Waals surface area contributed by atoms with Gasteiger partial charge in [0.25, 0.3) is 0 Å². The van der Waals surface area contributed by atoms with Gasteiger partial charge in [0.15, 0.2) is 0 Å². The predicted octanol–water partition coefficient (Wildman–Crippen LogP) is 4.48. The van der Waals surface area contributed by atoms with Crippen LogP contribution in [0.15, 0.2) is 22.7 Å². The van der Waals surface area contributed by atoms with Crippen molar-refractivity contribution in [3.8, 4) is 0 Å². The van der Waals surface area contributed by atoms with Crippen LogP contribution in [-0.4, -0.2) is 0 Å². The number of rotatable bonds is 4. The van der Waals surface area contributed by atoms with Crippen molar-refractivity contribution in [1.82, 2.24) is 5.43 Å². The van der Waals surface area contributed by atoms with Gasteiger partial charge in [-0.05, 0) is 48.8 Å². The van der Waals surface area contributed by atoms with Crippen molar-refractivity contribution in [2.75, 3.05) is 0 Å². The average molecular weight is 325 g/mol. The van der Waals surface area contributed by atoms with E-state index in [1.54, 1.807) is 0 Å². The molecule has 0 aromatic heterocycles. The first-order valence-corrected chi connectivity index (χ1v) is 8.17. The van der Waals surface area contributed by atoms with Gasteiger partial charge in [0.2, 0.25) is 0 Å². The fourth-order valence-electron chi connectivity index (χ4n) is 3.45. The van der Waals surface area contributed by atoms with E-state index in [4.69, 9.17) is 5.84 Å². The smallest absolute Gasteiger partial charge is 0.0491 e. The van der Waals surface area contributed by atoms with E-state index in [0.29, 0.717) is 5.92 Å². The molecule has 1 saturated carbocycles. The predicted molar refractivity (Wildman–Crippen MR) is 84.7 cm³/mol. The first-order chi connectivity index (χ1) is 9.17. The molecule has 2 nitrogen and oxygen atoms in total. The SMILES string of the molecule is CCC1CCCC(C(NN)c2cccc(Br)c2C)C1. The Balaban J connectivity index is 2.21. The molecule has 1 aromatic carbocycles. The van der Waals surface area contributed by atoms with Gasteiger partial charge in [-0.15, -0.1) is 0 Å². The molecule has 0 spiro atoms. The Morgan fingerprint density at radius 1 is 1.42 bits per heavy atom. The highest BCUT2D eigenvalue weighted by molar-refractivity contribution is 9.10. The molecule has 2 rings (SSSR count). The fraction of sp³-hybridized carbons (Fsp3) is 0.625. The van der Waals surface area contributed by atoms with E-state index in [9.17, 15) is 0 Å². The first kappa shape index (κ1) is 15.0. The summed E-state index contributed by atoms with van der Waals surface area (Å²) < 4.78 is 1.17. The molecule has 3 heteroatoms. The van der Waals surface area contributed by atoms with Crippen LogP contribution in [0.2, 0.25) is 0 Å². The molecule has 3 atom stereocenters. The molecule has 0 amide bonds. The summed E-state index contributed by atoms with van der Waals surface area (Å²) in [5, 5.41) is 0. The Labute approximate surface area is 125 Å². The van der Waals surface area contributed by atoms with Gasteiger partial charge in [-0.2, -0.15) is 0 Å². The lowest BCUT2D eigenvalue weighted by Gasteiger charge is -2.35. The minimum Gasteiger partial charge on any atom is -0.271 e. The summed E-state index contributed by atoms with van der Waals surface area (Å²) in [7, 11) is 0. The minimum absolute atomic E-state index is 0.284. The van der Waals surface area contributed by atoms with Crippen LogP contribution in [0.25, 0.3) is 0 Å². The number of benzene rings is 1. The van der Waals surface area contributed by atoms with Gasteiger partial charge in [-0.1, -0.05) is 54.2 Å². The zero-order valence-corrected chi connectivity index (χ0v) is 13.5. The Kier molecular flexibility index (Phi) is 5.43. The number of hydrazine groups is 1. The highest BCUT2D eigenvalue weighted by Gasteiger charge is 2.29. The van der Waals surface area contributed by atoms with E-state index >= 15 is 0 Å². The first-order valence-electron chi connectivity index (χ1n) is 7.38. The van der Waals surface area contributed by atoms with Gasteiger partial charge in [-0.3, -0.25) is 11.3 Å². The highest BCUT2D eigenvalue weighted by atomic mass is 79.9. The van der Waals surface area contributed by atoms with Gasteiger partial charge < -0.3 is 0 Å². The molecule has 0 bridgehead atoms. The fourth-order valence-corrected chi connectivity index (χ4v) is 3.83. The number of hydrogen-bond donors (Lipinski definition) is 2. The summed E-state index contributed by atoms with van der Waals surface area (Å²) in [4.78, 5) is 0. The molecule has 1 fully saturated rings. The highest BCUT2D eigenvalue weighted by Crippen LogP contribution is 2.39. The van der Waals surface area contributed by atoms with Crippen molar-refractivity contribution in [3.05, 3.63) is 33.8 Å². The van der Waals surface area contributed by atoms with Gasteiger partial charge in [0.05, 0.1) is 0 Å². The Bertz CT molecular complexity index is 419. The third-order valence-corrected chi connectivity index (χ3v) is 5.56. The maximum atomic E-state index is 5.88. The molecule has 3 unspecified atom stereocenters. The second-order valence-electron chi connectivity index (χ2n) is 5.80. The van der Waals surface area contributed by atoms with Crippen LogP contribution in [0.4, 0.5) is 0 Å². The van der Waals surface area contributed by atoms with Gasteiger partial charge in [0.1, 0.15) is 0 Å². The zero-order chi connectivity index (χ0) is 13.8. The normalized spacial score (nSPS) is 25.3. The van der Waals surface area contributed by atoms with E-state index in [0.717, 1.165) is 5.92 Å². The molecule has 0 radical (unpaired) electrons. The van der Waals surface area contributed by atoms with Gasteiger partial charge >= 0.3 is 0 Å². The van der Waals surface area contributed by atoms with Crippen LogP contribution in [0, 0.1) is 18.8 Å². The summed E-state index contributed by atoms with van der Waals surface area (Å²) in [5.74, 6) is 7.42. The summed E-state index contributed by atoms with van der Waals surface area (Å²) in [6.07, 6.45) is 6.62. The van der Waals surface area contributed by atoms with Crippen molar-refractivity contribution in [2.45, 2.75) is 52.0 Å². The van der Waals surface area contributed by atoms with Crippen LogP contribution < -0.4 is 11.3 Å². The number of nitrogens with two attached hydrogens (primary N) is 1. The molecule has 3 N–H and O–H groups in total. The molecule has 1 aromatic rings. The third-order valence-electron chi connectivity index (χ3n) is 4.70. The van der Waals surface area contributed by atoms with Crippen molar-refractivity contribution in [1.29, 1.82) is 0 Å². The van der Waals surface area contributed by atoms with Crippen LogP contribution in [-0.2, 0) is 0 Å². The molecule has 0 heterocycles.